The third-order valence-corrected chi connectivity index (χ3v) is 5.08. The Labute approximate surface area is 167 Å². The van der Waals surface area contributed by atoms with Crippen molar-refractivity contribution < 1.29 is 37.3 Å². The normalized spacial score (nSPS) is 11.5. The lowest BCUT2D eigenvalue weighted by Crippen LogP contribution is -2.14. The smallest absolute Gasteiger partial charge is 0.332 e. The quantitative estimate of drug-likeness (QED) is 0.0847. The van der Waals surface area contributed by atoms with Crippen LogP contribution in [0.3, 0.4) is 0 Å². The van der Waals surface area contributed by atoms with E-state index in [9.17, 15) is 4.57 Å². The lowest BCUT2D eigenvalue weighted by Gasteiger charge is -2.16. The van der Waals surface area contributed by atoms with E-state index in [2.05, 4.69) is 10.0 Å². The highest BCUT2D eigenvalue weighted by molar-refractivity contribution is 7.53. The fraction of sp³-hybridized carbons (Fsp3) is 1.00. The minimum absolute atomic E-state index is 0.233. The fourth-order valence-corrected chi connectivity index (χ4v) is 3.34. The van der Waals surface area contributed by atoms with Crippen molar-refractivity contribution >= 4 is 7.60 Å². The number of rotatable bonds is 22. The van der Waals surface area contributed by atoms with Gasteiger partial charge in [0.2, 0.25) is 0 Å². The van der Waals surface area contributed by atoms with Gasteiger partial charge in [-0.1, -0.05) is 5.11 Å². The van der Waals surface area contributed by atoms with Crippen molar-refractivity contribution in [3.8, 4) is 0 Å². The third-order valence-electron chi connectivity index (χ3n) is 3.05. The first-order valence-electron chi connectivity index (χ1n) is 9.46. The summed E-state index contributed by atoms with van der Waals surface area (Å²) in [6, 6.07) is 0. The van der Waals surface area contributed by atoms with E-state index in [-0.39, 0.29) is 6.16 Å². The van der Waals surface area contributed by atoms with Crippen LogP contribution >= 0.6 is 7.60 Å². The molecule has 0 rings (SSSR count). The highest BCUT2D eigenvalue weighted by Gasteiger charge is 2.22. The lowest BCUT2D eigenvalue weighted by molar-refractivity contribution is -0.00975. The predicted octanol–water partition coefficient (Wildman–Crippen LogP) is 2.65. The second-order valence-electron chi connectivity index (χ2n) is 5.19. The van der Waals surface area contributed by atoms with Crippen molar-refractivity contribution in [3.63, 3.8) is 0 Å². The maximum absolute atomic E-state index is 12.2. The van der Waals surface area contributed by atoms with Gasteiger partial charge in [0.05, 0.1) is 85.4 Å². The molecule has 0 saturated heterocycles. The summed E-state index contributed by atoms with van der Waals surface area (Å²) in [6.45, 7) is 8.89. The molecule has 0 fully saturated rings. The molecule has 12 heteroatoms. The minimum Gasteiger partial charge on any atom is -0.379 e. The molecule has 0 saturated carbocycles. The maximum atomic E-state index is 12.2. The molecular weight excluding hydrogens is 393 g/mol. The molecule has 0 aromatic rings. The van der Waals surface area contributed by atoms with Crippen molar-refractivity contribution in [1.29, 1.82) is 0 Å². The Morgan fingerprint density at radius 2 is 1.11 bits per heavy atom. The molecule has 0 aliphatic carbocycles. The van der Waals surface area contributed by atoms with E-state index in [1.165, 1.54) is 0 Å². The average molecular weight is 427 g/mol. The molecular formula is C16H34N3O8P. The number of hydrogen-bond acceptors (Lipinski definition) is 9. The number of ether oxygens (including phenoxy) is 5. The second kappa shape index (κ2) is 21.0. The van der Waals surface area contributed by atoms with Crippen LogP contribution in [0.25, 0.3) is 10.4 Å². The first kappa shape index (κ1) is 27.3. The van der Waals surface area contributed by atoms with E-state index in [1.807, 2.05) is 0 Å². The van der Waals surface area contributed by atoms with E-state index in [0.717, 1.165) is 0 Å². The highest BCUT2D eigenvalue weighted by Crippen LogP contribution is 2.47. The van der Waals surface area contributed by atoms with Crippen LogP contribution in [0.5, 0.6) is 0 Å². The SMILES string of the molecule is CCOP(=O)(CCOCCOCCOCCOCCOCCN=[N+]=[N-])OCC. The molecule has 0 heterocycles. The molecule has 0 radical (unpaired) electrons. The van der Waals surface area contributed by atoms with Gasteiger partial charge in [-0.25, -0.2) is 0 Å². The average Bonchev–Trinajstić information content (AvgIpc) is 2.67. The fourth-order valence-electron chi connectivity index (χ4n) is 1.87. The summed E-state index contributed by atoms with van der Waals surface area (Å²) in [4.78, 5) is 2.62. The summed E-state index contributed by atoms with van der Waals surface area (Å²) in [7, 11) is -3.03. The van der Waals surface area contributed by atoms with Gasteiger partial charge in [0.15, 0.2) is 0 Å². The Bertz CT molecular complexity index is 428. The standard InChI is InChI=1S/C16H34N3O8P/c1-3-26-28(20,27-4-2)16-15-25-14-13-24-12-11-23-10-9-22-8-7-21-6-5-18-19-17/h3-16H2,1-2H3. The molecule has 0 spiro atoms. The Kier molecular flexibility index (Phi) is 20.4. The summed E-state index contributed by atoms with van der Waals surface area (Å²) in [5, 5.41) is 3.35. The molecule has 0 aliphatic heterocycles. The van der Waals surface area contributed by atoms with Gasteiger partial charge in [-0.15, -0.1) is 0 Å². The Hall–Kier alpha value is -0.740. The van der Waals surface area contributed by atoms with Crippen LogP contribution in [0.4, 0.5) is 0 Å². The molecule has 0 aromatic carbocycles. The molecule has 0 amide bonds. The lowest BCUT2D eigenvalue weighted by atomic mass is 10.7. The molecule has 28 heavy (non-hydrogen) atoms. The maximum Gasteiger partial charge on any atom is 0.332 e. The summed E-state index contributed by atoms with van der Waals surface area (Å²) in [5.41, 5.74) is 8.08. The van der Waals surface area contributed by atoms with Gasteiger partial charge < -0.3 is 32.7 Å². The van der Waals surface area contributed by atoms with Gasteiger partial charge in [-0.05, 0) is 19.4 Å². The zero-order valence-corrected chi connectivity index (χ0v) is 17.8. The monoisotopic (exact) mass is 427 g/mol. The molecule has 0 unspecified atom stereocenters. The van der Waals surface area contributed by atoms with Crippen LogP contribution in [0.15, 0.2) is 5.11 Å². The molecule has 0 aliphatic rings. The van der Waals surface area contributed by atoms with Crippen LogP contribution in [-0.2, 0) is 37.3 Å². The van der Waals surface area contributed by atoms with E-state index >= 15 is 0 Å². The Balaban J connectivity index is 3.27. The van der Waals surface area contributed by atoms with Gasteiger partial charge in [-0.3, -0.25) is 4.57 Å². The summed E-state index contributed by atoms with van der Waals surface area (Å²) >= 11 is 0. The van der Waals surface area contributed by atoms with Crippen molar-refractivity contribution in [3.05, 3.63) is 10.4 Å². The first-order chi connectivity index (χ1) is 13.7. The highest BCUT2D eigenvalue weighted by atomic mass is 31.2. The molecule has 0 bridgehead atoms. The van der Waals surface area contributed by atoms with Gasteiger partial charge in [0, 0.05) is 11.5 Å². The predicted molar refractivity (Wildman–Crippen MR) is 104 cm³/mol. The number of azide groups is 1. The van der Waals surface area contributed by atoms with E-state index in [1.54, 1.807) is 13.8 Å². The molecule has 0 aromatic heterocycles. The summed E-state index contributed by atoms with van der Waals surface area (Å²) in [5.74, 6) is 0. The van der Waals surface area contributed by atoms with E-state index in [4.69, 9.17) is 38.3 Å². The zero-order valence-electron chi connectivity index (χ0n) is 17.0. The van der Waals surface area contributed by atoms with Gasteiger partial charge >= 0.3 is 7.60 Å². The van der Waals surface area contributed by atoms with Crippen molar-refractivity contribution in [1.82, 2.24) is 0 Å². The Morgan fingerprint density at radius 3 is 1.50 bits per heavy atom. The largest absolute Gasteiger partial charge is 0.379 e. The second-order valence-corrected chi connectivity index (χ2v) is 7.37. The molecule has 166 valence electrons. The van der Waals surface area contributed by atoms with E-state index in [0.29, 0.717) is 85.8 Å². The summed E-state index contributed by atoms with van der Waals surface area (Å²) in [6.07, 6.45) is 0.233. The van der Waals surface area contributed by atoms with Crippen LogP contribution in [0, 0.1) is 0 Å². The minimum atomic E-state index is -3.03. The van der Waals surface area contributed by atoms with Crippen molar-refractivity contribution in [2.75, 3.05) is 92.0 Å². The van der Waals surface area contributed by atoms with Crippen LogP contribution < -0.4 is 0 Å². The zero-order chi connectivity index (χ0) is 20.8. The van der Waals surface area contributed by atoms with Crippen molar-refractivity contribution in [2.24, 2.45) is 5.11 Å². The van der Waals surface area contributed by atoms with Gasteiger partial charge in [0.1, 0.15) is 0 Å². The number of nitrogens with zero attached hydrogens (tertiary/aromatic N) is 3. The topological polar surface area (TPSA) is 130 Å². The summed E-state index contributed by atoms with van der Waals surface area (Å²) < 4.78 is 49.2. The van der Waals surface area contributed by atoms with Crippen LogP contribution in [0.1, 0.15) is 13.8 Å². The number of hydrogen-bond donors (Lipinski definition) is 0. The van der Waals surface area contributed by atoms with Crippen molar-refractivity contribution in [2.45, 2.75) is 13.8 Å². The third kappa shape index (κ3) is 18.6. The van der Waals surface area contributed by atoms with E-state index < -0.39 is 7.60 Å². The molecule has 11 nitrogen and oxygen atoms in total. The van der Waals surface area contributed by atoms with Crippen LogP contribution in [-0.4, -0.2) is 92.0 Å². The Morgan fingerprint density at radius 1 is 0.714 bits per heavy atom. The van der Waals surface area contributed by atoms with Gasteiger partial charge in [0.25, 0.3) is 0 Å². The molecule has 0 atom stereocenters. The van der Waals surface area contributed by atoms with Gasteiger partial charge in [-0.2, -0.15) is 0 Å². The van der Waals surface area contributed by atoms with Crippen LogP contribution in [0.2, 0.25) is 0 Å². The first-order valence-corrected chi connectivity index (χ1v) is 11.2. The molecule has 0 N–H and O–H groups in total.